The normalized spacial score (nSPS) is 24.6. The molecule has 1 amide bonds. The minimum absolute atomic E-state index is 0.0429. The number of aromatic carboxylic acids is 1. The largest absolute Gasteiger partial charge is 0.496 e. The maximum absolute atomic E-state index is 14.3. The average Bonchev–Trinajstić information content (AvgIpc) is 2.92. The van der Waals surface area contributed by atoms with Crippen LogP contribution in [0.5, 0.6) is 5.75 Å². The zero-order valence-corrected chi connectivity index (χ0v) is 24.8. The van der Waals surface area contributed by atoms with E-state index in [0.29, 0.717) is 46.8 Å². The number of aromatic nitrogens is 1. The van der Waals surface area contributed by atoms with Crippen molar-refractivity contribution in [3.8, 4) is 17.0 Å². The highest BCUT2D eigenvalue weighted by molar-refractivity contribution is 6.08. The summed E-state index contributed by atoms with van der Waals surface area (Å²) in [6, 6.07) is 8.50. The van der Waals surface area contributed by atoms with E-state index in [1.807, 2.05) is 0 Å². The first-order valence-electron chi connectivity index (χ1n) is 14.1. The Balaban J connectivity index is 1.85. The topological polar surface area (TPSA) is 106 Å². The van der Waals surface area contributed by atoms with Gasteiger partial charge in [0, 0.05) is 55.2 Å². The van der Waals surface area contributed by atoms with Crippen molar-refractivity contribution in [1.82, 2.24) is 9.88 Å². The second kappa shape index (κ2) is 10.2. The molecule has 41 heavy (non-hydrogen) atoms. The summed E-state index contributed by atoms with van der Waals surface area (Å²) in [6.45, 7) is 10.4. The standard InChI is InChI=1S/C33H38N2O6/c1-8-33(5)16-20(36)26-23(17-33)41-22-15-24(32(2,3)4)35(6)30(37)28(22)29(26)27-21(40-7)13-12-18(25(27)31(38)39)19-11-9-10-14-34-19/h9-14,24,29H,8,15-17H2,1-7H3,(H,38,39)/t24-,29+,33?/m0/s1. The van der Waals surface area contributed by atoms with Crippen molar-refractivity contribution < 1.29 is 29.0 Å². The Hall–Kier alpha value is -3.94. The average molecular weight is 559 g/mol. The highest BCUT2D eigenvalue weighted by Gasteiger charge is 2.51. The van der Waals surface area contributed by atoms with Crippen LogP contribution in [-0.2, 0) is 14.3 Å². The van der Waals surface area contributed by atoms with E-state index in [9.17, 15) is 19.5 Å². The molecule has 0 saturated carbocycles. The third kappa shape index (κ3) is 4.73. The number of Topliss-reactive ketones (excluding diaryl/α,β-unsaturated/α-hetero) is 1. The van der Waals surface area contributed by atoms with E-state index >= 15 is 0 Å². The molecule has 3 atom stereocenters. The van der Waals surface area contributed by atoms with Crippen LogP contribution < -0.4 is 4.74 Å². The first kappa shape index (κ1) is 28.6. The second-order valence-corrected chi connectivity index (χ2v) is 12.8. The number of carboxylic acid groups (broad SMARTS) is 1. The molecule has 1 aromatic carbocycles. The third-order valence-corrected chi connectivity index (χ3v) is 9.02. The SMILES string of the molecule is CCC1(C)CC(=O)C2=C(C1)OC1=C(C(=O)N(C)[C@H](C(C)(C)C)C1)[C@H]2c1c(OC)ccc(-c2ccccn2)c1C(=O)O. The van der Waals surface area contributed by atoms with E-state index < -0.39 is 11.9 Å². The summed E-state index contributed by atoms with van der Waals surface area (Å²) in [5.74, 6) is -1.24. The molecule has 2 aliphatic heterocycles. The number of ether oxygens (including phenoxy) is 2. The Morgan fingerprint density at radius 3 is 2.46 bits per heavy atom. The minimum atomic E-state index is -1.19. The van der Waals surface area contributed by atoms with Crippen molar-refractivity contribution in [2.75, 3.05) is 14.2 Å². The van der Waals surface area contributed by atoms with Crippen LogP contribution in [0.3, 0.4) is 0 Å². The fourth-order valence-electron chi connectivity index (χ4n) is 6.60. The predicted molar refractivity (Wildman–Crippen MR) is 154 cm³/mol. The lowest BCUT2D eigenvalue weighted by Crippen LogP contribution is -2.51. The van der Waals surface area contributed by atoms with Crippen molar-refractivity contribution in [3.63, 3.8) is 0 Å². The molecule has 2 aromatic rings. The first-order valence-corrected chi connectivity index (χ1v) is 14.1. The van der Waals surface area contributed by atoms with Crippen molar-refractivity contribution in [2.45, 2.75) is 72.3 Å². The fourth-order valence-corrected chi connectivity index (χ4v) is 6.60. The van der Waals surface area contributed by atoms with Crippen LogP contribution >= 0.6 is 0 Å². The zero-order chi connectivity index (χ0) is 29.9. The van der Waals surface area contributed by atoms with Gasteiger partial charge in [0.2, 0.25) is 0 Å². The van der Waals surface area contributed by atoms with Gasteiger partial charge in [0.05, 0.1) is 29.9 Å². The van der Waals surface area contributed by atoms with Gasteiger partial charge in [-0.1, -0.05) is 40.7 Å². The van der Waals surface area contributed by atoms with Crippen molar-refractivity contribution in [3.05, 3.63) is 70.3 Å². The maximum Gasteiger partial charge on any atom is 0.336 e. The van der Waals surface area contributed by atoms with Crippen LogP contribution in [0, 0.1) is 10.8 Å². The highest BCUT2D eigenvalue weighted by Crippen LogP contribution is 2.55. The molecule has 0 fully saturated rings. The Morgan fingerprint density at radius 1 is 1.15 bits per heavy atom. The van der Waals surface area contributed by atoms with Gasteiger partial charge in [-0.15, -0.1) is 0 Å². The molecule has 5 rings (SSSR count). The number of carbonyl (C=O) groups excluding carboxylic acids is 2. The highest BCUT2D eigenvalue weighted by atomic mass is 16.5. The van der Waals surface area contributed by atoms with Crippen LogP contribution in [0.15, 0.2) is 59.2 Å². The summed E-state index contributed by atoms with van der Waals surface area (Å²) in [4.78, 5) is 47.5. The Morgan fingerprint density at radius 2 is 1.88 bits per heavy atom. The van der Waals surface area contributed by atoms with Gasteiger partial charge in [-0.05, 0) is 41.5 Å². The molecule has 0 radical (unpaired) electrons. The molecule has 1 aliphatic carbocycles. The first-order chi connectivity index (χ1) is 19.3. The van der Waals surface area contributed by atoms with Gasteiger partial charge in [-0.25, -0.2) is 4.79 Å². The number of pyridine rings is 1. The number of likely N-dealkylation sites (N-methyl/N-ethyl adjacent to an activating group) is 1. The van der Waals surface area contributed by atoms with Gasteiger partial charge in [0.1, 0.15) is 17.3 Å². The monoisotopic (exact) mass is 558 g/mol. The molecule has 1 N–H and O–H groups in total. The van der Waals surface area contributed by atoms with Gasteiger partial charge in [-0.3, -0.25) is 14.6 Å². The fraction of sp³-hybridized carbons (Fsp3) is 0.455. The Bertz CT molecular complexity index is 1500. The van der Waals surface area contributed by atoms with E-state index in [2.05, 4.69) is 39.6 Å². The van der Waals surface area contributed by atoms with Crippen molar-refractivity contribution in [2.24, 2.45) is 10.8 Å². The number of carbonyl (C=O) groups is 3. The molecule has 0 bridgehead atoms. The number of allylic oxidation sites excluding steroid dienone is 2. The van der Waals surface area contributed by atoms with Crippen LogP contribution in [0.4, 0.5) is 0 Å². The number of amides is 1. The van der Waals surface area contributed by atoms with Gasteiger partial charge in [0.15, 0.2) is 5.78 Å². The quantitative estimate of drug-likeness (QED) is 0.470. The number of hydrogen-bond acceptors (Lipinski definition) is 6. The molecule has 1 unspecified atom stereocenters. The second-order valence-electron chi connectivity index (χ2n) is 12.8. The molecule has 0 spiro atoms. The minimum Gasteiger partial charge on any atom is -0.496 e. The van der Waals surface area contributed by atoms with Gasteiger partial charge >= 0.3 is 5.97 Å². The Labute approximate surface area is 241 Å². The molecule has 216 valence electrons. The number of hydrogen-bond donors (Lipinski definition) is 1. The number of rotatable bonds is 5. The smallest absolute Gasteiger partial charge is 0.336 e. The van der Waals surface area contributed by atoms with Crippen molar-refractivity contribution in [1.29, 1.82) is 0 Å². The van der Waals surface area contributed by atoms with Crippen LogP contribution in [0.1, 0.15) is 82.1 Å². The summed E-state index contributed by atoms with van der Waals surface area (Å²) in [7, 11) is 3.23. The predicted octanol–water partition coefficient (Wildman–Crippen LogP) is 6.13. The molecule has 3 aliphatic rings. The van der Waals surface area contributed by atoms with E-state index in [4.69, 9.17) is 9.47 Å². The molecule has 8 nitrogen and oxygen atoms in total. The summed E-state index contributed by atoms with van der Waals surface area (Å²) in [5.41, 5.74) is 1.21. The van der Waals surface area contributed by atoms with Gasteiger partial charge in [0.25, 0.3) is 5.91 Å². The number of methoxy groups -OCH3 is 1. The number of ketones is 1. The van der Waals surface area contributed by atoms with Crippen LogP contribution in [0.25, 0.3) is 11.3 Å². The summed E-state index contributed by atoms with van der Waals surface area (Å²) in [5, 5.41) is 10.7. The number of benzene rings is 1. The summed E-state index contributed by atoms with van der Waals surface area (Å²) in [6.07, 6.45) is 3.64. The Kier molecular flexibility index (Phi) is 7.08. The van der Waals surface area contributed by atoms with E-state index in [-0.39, 0.29) is 51.9 Å². The molecule has 8 heteroatoms. The lowest BCUT2D eigenvalue weighted by atomic mass is 9.66. The molecule has 1 aromatic heterocycles. The van der Waals surface area contributed by atoms with Crippen LogP contribution in [0.2, 0.25) is 0 Å². The van der Waals surface area contributed by atoms with Crippen molar-refractivity contribution >= 4 is 17.7 Å². The molecule has 0 saturated heterocycles. The third-order valence-electron chi connectivity index (χ3n) is 9.02. The van der Waals surface area contributed by atoms with E-state index in [1.165, 1.54) is 7.11 Å². The number of carboxylic acids is 1. The molecular formula is C33H38N2O6. The van der Waals surface area contributed by atoms with E-state index in [0.717, 1.165) is 6.42 Å². The van der Waals surface area contributed by atoms with Crippen LogP contribution in [-0.4, -0.2) is 52.8 Å². The van der Waals surface area contributed by atoms with Gasteiger partial charge < -0.3 is 19.5 Å². The molecular weight excluding hydrogens is 520 g/mol. The van der Waals surface area contributed by atoms with E-state index in [1.54, 1.807) is 48.5 Å². The van der Waals surface area contributed by atoms with Gasteiger partial charge in [-0.2, -0.15) is 0 Å². The summed E-state index contributed by atoms with van der Waals surface area (Å²) >= 11 is 0. The maximum atomic E-state index is 14.3. The molecule has 3 heterocycles. The lowest BCUT2D eigenvalue weighted by molar-refractivity contribution is -0.132. The zero-order valence-electron chi connectivity index (χ0n) is 24.8. The lowest BCUT2D eigenvalue weighted by Gasteiger charge is -2.47. The number of nitrogens with zero attached hydrogens (tertiary/aromatic N) is 2. The summed E-state index contributed by atoms with van der Waals surface area (Å²) < 4.78 is 12.3.